The summed E-state index contributed by atoms with van der Waals surface area (Å²) in [6, 6.07) is 10.6. The van der Waals surface area contributed by atoms with Crippen LogP contribution in [0.25, 0.3) is 0 Å². The number of hydrogen-bond donors (Lipinski definition) is 2. The van der Waals surface area contributed by atoms with Crippen molar-refractivity contribution >= 4 is 21.6 Å². The Kier molecular flexibility index (Phi) is 8.43. The normalized spacial score (nSPS) is 11.5. The van der Waals surface area contributed by atoms with E-state index in [4.69, 9.17) is 4.74 Å². The van der Waals surface area contributed by atoms with Crippen LogP contribution in [0.2, 0.25) is 0 Å². The molecule has 0 aliphatic rings. The molecule has 30 heavy (non-hydrogen) atoms. The molecule has 2 rings (SSSR count). The van der Waals surface area contributed by atoms with Crippen LogP contribution in [-0.2, 0) is 27.7 Å². The van der Waals surface area contributed by atoms with Crippen LogP contribution in [0.1, 0.15) is 44.4 Å². The zero-order valence-corrected chi connectivity index (χ0v) is 19.2. The molecule has 0 saturated carbocycles. The molecule has 164 valence electrons. The highest BCUT2D eigenvalue weighted by molar-refractivity contribution is 7.89. The standard InChI is InChI=1S/C23H32N2O4S/c1-6-18-9-8-10-19(7-2)23(18)25-22(26)15-29-21-12-11-20(13-17(21)5)30(27,28)24-14-16(3)4/h8-13,16,24H,6-7,14-15H2,1-5H3,(H,25,26). The van der Waals surface area contributed by atoms with Crippen LogP contribution in [0.4, 0.5) is 5.69 Å². The Morgan fingerprint density at radius 3 is 2.23 bits per heavy atom. The van der Waals surface area contributed by atoms with Crippen LogP contribution in [0.15, 0.2) is 41.3 Å². The molecule has 0 saturated heterocycles. The zero-order chi connectivity index (χ0) is 22.3. The molecule has 0 fully saturated rings. The summed E-state index contributed by atoms with van der Waals surface area (Å²) in [6.45, 7) is 9.97. The highest BCUT2D eigenvalue weighted by atomic mass is 32.2. The van der Waals surface area contributed by atoms with Gasteiger partial charge in [-0.15, -0.1) is 0 Å². The fourth-order valence-electron chi connectivity index (χ4n) is 3.03. The number of para-hydroxylation sites is 1. The summed E-state index contributed by atoms with van der Waals surface area (Å²) in [6.07, 6.45) is 1.65. The SMILES string of the molecule is CCc1cccc(CC)c1NC(=O)COc1ccc(S(=O)(=O)NCC(C)C)cc1C. The average molecular weight is 433 g/mol. The summed E-state index contributed by atoms with van der Waals surface area (Å²) in [4.78, 5) is 12.6. The largest absolute Gasteiger partial charge is 0.483 e. The van der Waals surface area contributed by atoms with Crippen molar-refractivity contribution in [2.75, 3.05) is 18.5 Å². The molecule has 0 atom stereocenters. The van der Waals surface area contributed by atoms with Crippen LogP contribution in [0.3, 0.4) is 0 Å². The van der Waals surface area contributed by atoms with Crippen molar-refractivity contribution in [2.45, 2.75) is 52.4 Å². The van der Waals surface area contributed by atoms with E-state index in [1.807, 2.05) is 32.0 Å². The van der Waals surface area contributed by atoms with E-state index < -0.39 is 10.0 Å². The number of nitrogens with one attached hydrogen (secondary N) is 2. The van der Waals surface area contributed by atoms with Crippen LogP contribution in [0.5, 0.6) is 5.75 Å². The summed E-state index contributed by atoms with van der Waals surface area (Å²) in [5, 5.41) is 2.96. The third kappa shape index (κ3) is 6.31. The lowest BCUT2D eigenvalue weighted by Crippen LogP contribution is -2.27. The first-order valence-corrected chi connectivity index (χ1v) is 11.8. The Morgan fingerprint density at radius 1 is 1.07 bits per heavy atom. The van der Waals surface area contributed by atoms with Gasteiger partial charge in [0, 0.05) is 12.2 Å². The van der Waals surface area contributed by atoms with Gasteiger partial charge in [0.25, 0.3) is 5.91 Å². The summed E-state index contributed by atoms with van der Waals surface area (Å²) in [7, 11) is -3.57. The Balaban J connectivity index is 2.06. The van der Waals surface area contributed by atoms with Crippen molar-refractivity contribution in [3.8, 4) is 5.75 Å². The number of aryl methyl sites for hydroxylation is 3. The number of benzene rings is 2. The van der Waals surface area contributed by atoms with Crippen molar-refractivity contribution < 1.29 is 17.9 Å². The number of carbonyl (C=O) groups excluding carboxylic acids is 1. The minimum atomic E-state index is -3.57. The average Bonchev–Trinajstić information content (AvgIpc) is 2.71. The highest BCUT2D eigenvalue weighted by Gasteiger charge is 2.16. The van der Waals surface area contributed by atoms with Crippen molar-refractivity contribution in [3.05, 3.63) is 53.1 Å². The molecule has 0 unspecified atom stereocenters. The van der Waals surface area contributed by atoms with E-state index in [9.17, 15) is 13.2 Å². The molecule has 6 nitrogen and oxygen atoms in total. The molecule has 0 aliphatic carbocycles. The molecule has 2 aromatic rings. The van der Waals surface area contributed by atoms with Gasteiger partial charge in [0.15, 0.2) is 6.61 Å². The number of amides is 1. The lowest BCUT2D eigenvalue weighted by Gasteiger charge is -2.15. The summed E-state index contributed by atoms with van der Waals surface area (Å²) >= 11 is 0. The zero-order valence-electron chi connectivity index (χ0n) is 18.4. The Labute approximate surface area is 180 Å². The Hall–Kier alpha value is -2.38. The predicted octanol–water partition coefficient (Wildman–Crippen LogP) is 4.07. The van der Waals surface area contributed by atoms with E-state index in [1.165, 1.54) is 6.07 Å². The minimum Gasteiger partial charge on any atom is -0.483 e. The van der Waals surface area contributed by atoms with Gasteiger partial charge in [0.05, 0.1) is 4.90 Å². The fourth-order valence-corrected chi connectivity index (χ4v) is 4.33. The molecular weight excluding hydrogens is 400 g/mol. The molecule has 0 aromatic heterocycles. The van der Waals surface area contributed by atoms with E-state index in [1.54, 1.807) is 19.1 Å². The second-order valence-electron chi connectivity index (χ2n) is 7.67. The topological polar surface area (TPSA) is 84.5 Å². The maximum Gasteiger partial charge on any atom is 0.262 e. The lowest BCUT2D eigenvalue weighted by atomic mass is 10.0. The molecule has 2 N–H and O–H groups in total. The molecule has 0 spiro atoms. The van der Waals surface area contributed by atoms with Crippen molar-refractivity contribution in [3.63, 3.8) is 0 Å². The van der Waals surface area contributed by atoms with Gasteiger partial charge in [-0.2, -0.15) is 0 Å². The fraction of sp³-hybridized carbons (Fsp3) is 0.435. The van der Waals surface area contributed by atoms with E-state index in [-0.39, 0.29) is 23.3 Å². The first-order valence-electron chi connectivity index (χ1n) is 10.3. The molecule has 0 radical (unpaired) electrons. The van der Waals surface area contributed by atoms with Gasteiger partial charge in [-0.05, 0) is 60.6 Å². The third-order valence-electron chi connectivity index (χ3n) is 4.76. The molecule has 7 heteroatoms. The van der Waals surface area contributed by atoms with E-state index in [0.717, 1.165) is 29.7 Å². The number of rotatable bonds is 10. The number of ether oxygens (including phenoxy) is 1. The maximum absolute atomic E-state index is 12.5. The first-order chi connectivity index (χ1) is 14.2. The highest BCUT2D eigenvalue weighted by Crippen LogP contribution is 2.24. The Morgan fingerprint density at radius 2 is 1.70 bits per heavy atom. The van der Waals surface area contributed by atoms with Crippen molar-refractivity contribution in [1.29, 1.82) is 0 Å². The monoisotopic (exact) mass is 432 g/mol. The van der Waals surface area contributed by atoms with Gasteiger partial charge in [0.2, 0.25) is 10.0 Å². The number of carbonyl (C=O) groups is 1. The Bertz CT molecular complexity index is 962. The summed E-state index contributed by atoms with van der Waals surface area (Å²) in [5.74, 6) is 0.445. The second kappa shape index (κ2) is 10.6. The van der Waals surface area contributed by atoms with Gasteiger partial charge in [-0.1, -0.05) is 45.9 Å². The van der Waals surface area contributed by atoms with E-state index in [0.29, 0.717) is 17.9 Å². The molecule has 1 amide bonds. The van der Waals surface area contributed by atoms with Crippen LogP contribution in [0, 0.1) is 12.8 Å². The summed E-state index contributed by atoms with van der Waals surface area (Å²) in [5.41, 5.74) is 3.67. The maximum atomic E-state index is 12.5. The van der Waals surface area contributed by atoms with Crippen molar-refractivity contribution in [1.82, 2.24) is 4.72 Å². The number of sulfonamides is 1. The predicted molar refractivity (Wildman–Crippen MR) is 121 cm³/mol. The number of anilines is 1. The van der Waals surface area contributed by atoms with Crippen LogP contribution >= 0.6 is 0 Å². The van der Waals surface area contributed by atoms with Crippen LogP contribution in [-0.4, -0.2) is 27.5 Å². The minimum absolute atomic E-state index is 0.153. The third-order valence-corrected chi connectivity index (χ3v) is 6.18. The van der Waals surface area contributed by atoms with Gasteiger partial charge in [-0.3, -0.25) is 4.79 Å². The second-order valence-corrected chi connectivity index (χ2v) is 9.44. The van der Waals surface area contributed by atoms with Crippen molar-refractivity contribution in [2.24, 2.45) is 5.92 Å². The lowest BCUT2D eigenvalue weighted by molar-refractivity contribution is -0.118. The number of hydrogen-bond acceptors (Lipinski definition) is 4. The molecule has 0 bridgehead atoms. The summed E-state index contributed by atoms with van der Waals surface area (Å²) < 4.78 is 33.0. The van der Waals surface area contributed by atoms with Gasteiger partial charge in [-0.25, -0.2) is 13.1 Å². The van der Waals surface area contributed by atoms with Gasteiger partial charge >= 0.3 is 0 Å². The smallest absolute Gasteiger partial charge is 0.262 e. The van der Waals surface area contributed by atoms with E-state index >= 15 is 0 Å². The molecule has 0 heterocycles. The molecule has 2 aromatic carbocycles. The van der Waals surface area contributed by atoms with Crippen LogP contribution < -0.4 is 14.8 Å². The molecule has 0 aliphatic heterocycles. The van der Waals surface area contributed by atoms with E-state index in [2.05, 4.69) is 23.9 Å². The van der Waals surface area contributed by atoms with Gasteiger partial charge in [0.1, 0.15) is 5.75 Å². The first kappa shape index (κ1) is 23.9. The quantitative estimate of drug-likeness (QED) is 0.593. The van der Waals surface area contributed by atoms with Gasteiger partial charge < -0.3 is 10.1 Å². The molecular formula is C23H32N2O4S.